The Hall–Kier alpha value is -4.52. The molecule has 1 aliphatic heterocycles. The Morgan fingerprint density at radius 1 is 0.569 bits per heavy atom. The van der Waals surface area contributed by atoms with E-state index in [0.717, 1.165) is 22.4 Å². The molecule has 0 saturated carbocycles. The lowest BCUT2D eigenvalue weighted by Crippen LogP contribution is -2.37. The lowest BCUT2D eigenvalue weighted by molar-refractivity contribution is -0.134. The van der Waals surface area contributed by atoms with E-state index in [0.29, 0.717) is 165 Å². The first-order valence-corrected chi connectivity index (χ1v) is 22.5. The lowest BCUT2D eigenvalue weighted by atomic mass is 10.0. The number of para-hydroxylation sites is 1. The molecule has 0 spiro atoms. The van der Waals surface area contributed by atoms with Gasteiger partial charge in [0.25, 0.3) is 0 Å². The third-order valence-electron chi connectivity index (χ3n) is 9.41. The highest BCUT2D eigenvalue weighted by atomic mass is 16.6. The molecule has 0 bridgehead atoms. The number of benzene rings is 2. The maximum atomic E-state index is 13.4. The fourth-order valence-corrected chi connectivity index (χ4v) is 6.02. The fourth-order valence-electron chi connectivity index (χ4n) is 6.02. The van der Waals surface area contributed by atoms with Crippen LogP contribution >= 0.6 is 0 Å². The van der Waals surface area contributed by atoms with Crippen molar-refractivity contribution in [2.45, 2.75) is 32.7 Å². The number of fused-ring (bicyclic) bond motifs is 2. The van der Waals surface area contributed by atoms with Crippen molar-refractivity contribution in [3.05, 3.63) is 65.2 Å². The molecule has 65 heavy (non-hydrogen) atoms. The van der Waals surface area contributed by atoms with E-state index in [1.807, 2.05) is 55.5 Å². The maximum Gasteiger partial charge on any atom is 0.227 e. The van der Waals surface area contributed by atoms with Gasteiger partial charge in [-0.25, -0.2) is 0 Å². The van der Waals surface area contributed by atoms with Crippen LogP contribution in [0, 0.1) is 11.8 Å². The highest BCUT2D eigenvalue weighted by molar-refractivity contribution is 5.96. The van der Waals surface area contributed by atoms with E-state index in [-0.39, 0.29) is 43.6 Å². The van der Waals surface area contributed by atoms with Crippen molar-refractivity contribution in [2.24, 2.45) is 0 Å². The Morgan fingerprint density at radius 3 is 1.63 bits per heavy atom. The minimum Gasteiger partial charge on any atom is -0.379 e. The molecule has 1 aliphatic rings. The molecule has 2 aromatic carbocycles. The van der Waals surface area contributed by atoms with Gasteiger partial charge in [-0.05, 0) is 30.7 Å². The predicted octanol–water partition coefficient (Wildman–Crippen LogP) is 1.98. The molecule has 0 aromatic heterocycles. The van der Waals surface area contributed by atoms with Gasteiger partial charge in [0, 0.05) is 56.8 Å². The van der Waals surface area contributed by atoms with Crippen molar-refractivity contribution >= 4 is 29.8 Å². The fraction of sp³-hybridized carbons (Fsp3) is 0.617. The number of carbonyl (C=O) groups excluding carboxylic acids is 4. The minimum absolute atomic E-state index is 0.0584. The standard InChI is InChI=1S/C47H70N4O14/c1-2-56-25-26-62-37-38-63-32-27-57-20-15-46(54)50(18-23-60-30-35-64-33-28-58-21-16-48-40-52)19-24-61-31-36-65-34-29-59-22-17-49-45(53)13-14-47(55)51-39-43-9-4-3-7-41(43)11-12-42-8-5-6-10-44(42)51/h3-10,40H,2,13-39H2,1H3,(H,48,52)(H,49,53). The van der Waals surface area contributed by atoms with Gasteiger partial charge in [-0.2, -0.15) is 0 Å². The van der Waals surface area contributed by atoms with E-state index in [2.05, 4.69) is 22.5 Å². The Morgan fingerprint density at radius 2 is 1.05 bits per heavy atom. The summed E-state index contributed by atoms with van der Waals surface area (Å²) in [5, 5.41) is 5.34. The second-order valence-electron chi connectivity index (χ2n) is 14.2. The Bertz CT molecular complexity index is 1660. The summed E-state index contributed by atoms with van der Waals surface area (Å²) in [7, 11) is 0. The zero-order chi connectivity index (χ0) is 46.3. The van der Waals surface area contributed by atoms with Gasteiger partial charge in [0.1, 0.15) is 0 Å². The van der Waals surface area contributed by atoms with Gasteiger partial charge in [0.05, 0.1) is 144 Å². The van der Waals surface area contributed by atoms with Crippen molar-refractivity contribution in [3.63, 3.8) is 0 Å². The number of hydrogen-bond acceptors (Lipinski definition) is 14. The number of anilines is 1. The number of rotatable bonds is 41. The first kappa shape index (κ1) is 54.8. The number of nitrogens with zero attached hydrogens (tertiary/aromatic N) is 2. The molecular formula is C47H70N4O14. The molecule has 0 aliphatic carbocycles. The summed E-state index contributed by atoms with van der Waals surface area (Å²) in [6.45, 7) is 11.9. The molecule has 0 fully saturated rings. The van der Waals surface area contributed by atoms with Crippen molar-refractivity contribution in [1.29, 1.82) is 0 Å². The topological polar surface area (TPSA) is 191 Å². The average molecular weight is 915 g/mol. The summed E-state index contributed by atoms with van der Waals surface area (Å²) in [6.07, 6.45) is 0.955. The molecule has 3 rings (SSSR count). The summed E-state index contributed by atoms with van der Waals surface area (Å²) in [5.41, 5.74) is 3.35. The van der Waals surface area contributed by atoms with E-state index in [1.54, 1.807) is 9.80 Å². The molecule has 18 nitrogen and oxygen atoms in total. The Kier molecular flexibility index (Phi) is 31.8. The maximum absolute atomic E-state index is 13.4. The van der Waals surface area contributed by atoms with E-state index < -0.39 is 0 Å². The highest BCUT2D eigenvalue weighted by Crippen LogP contribution is 2.26. The number of hydrogen-bond donors (Lipinski definition) is 2. The molecule has 0 unspecified atom stereocenters. The summed E-state index contributed by atoms with van der Waals surface area (Å²) >= 11 is 0. The Labute approximate surface area is 384 Å². The quantitative estimate of drug-likeness (QED) is 0.0560. The summed E-state index contributed by atoms with van der Waals surface area (Å²) in [4.78, 5) is 52.6. The zero-order valence-electron chi connectivity index (χ0n) is 38.1. The molecule has 1 heterocycles. The molecular weight excluding hydrogens is 845 g/mol. The minimum atomic E-state index is -0.227. The molecule has 0 saturated heterocycles. The van der Waals surface area contributed by atoms with Gasteiger partial charge in [-0.1, -0.05) is 42.2 Å². The third kappa shape index (κ3) is 26.3. The van der Waals surface area contributed by atoms with Crippen molar-refractivity contribution < 1.29 is 66.5 Å². The number of ether oxygens (including phenoxy) is 10. The predicted molar refractivity (Wildman–Crippen MR) is 241 cm³/mol. The van der Waals surface area contributed by atoms with Crippen LogP contribution in [0.3, 0.4) is 0 Å². The van der Waals surface area contributed by atoms with Gasteiger partial charge in [-0.15, -0.1) is 0 Å². The molecule has 362 valence electrons. The molecule has 4 amide bonds. The van der Waals surface area contributed by atoms with Crippen LogP contribution in [0.4, 0.5) is 5.69 Å². The van der Waals surface area contributed by atoms with Crippen LogP contribution in [0.5, 0.6) is 0 Å². The second kappa shape index (κ2) is 37.7. The van der Waals surface area contributed by atoms with E-state index in [9.17, 15) is 19.2 Å². The van der Waals surface area contributed by atoms with Crippen molar-refractivity contribution in [1.82, 2.24) is 15.5 Å². The van der Waals surface area contributed by atoms with Gasteiger partial charge in [-0.3, -0.25) is 19.2 Å². The van der Waals surface area contributed by atoms with Gasteiger partial charge < -0.3 is 67.8 Å². The summed E-state index contributed by atoms with van der Waals surface area (Å²) < 4.78 is 55.2. The number of nitrogens with one attached hydrogen (secondary N) is 2. The molecule has 2 N–H and O–H groups in total. The SMILES string of the molecule is CCOCCOCCOCCOCCC(=O)N(CCOCCOCCOCCNC=O)CCOCCOCCOCCNC(=O)CCC(=O)N1Cc2ccccc2C#Cc2ccccc21. The smallest absolute Gasteiger partial charge is 0.227 e. The normalized spacial score (nSPS) is 11.7. The van der Waals surface area contributed by atoms with E-state index >= 15 is 0 Å². The van der Waals surface area contributed by atoms with Crippen LogP contribution in [0.1, 0.15) is 42.9 Å². The van der Waals surface area contributed by atoms with Crippen LogP contribution in [0.25, 0.3) is 0 Å². The van der Waals surface area contributed by atoms with Crippen molar-refractivity contribution in [2.75, 3.05) is 163 Å². The van der Waals surface area contributed by atoms with Crippen LogP contribution in [-0.4, -0.2) is 187 Å². The van der Waals surface area contributed by atoms with Gasteiger partial charge in [0.2, 0.25) is 24.1 Å². The monoisotopic (exact) mass is 914 g/mol. The zero-order valence-corrected chi connectivity index (χ0v) is 38.1. The second-order valence-corrected chi connectivity index (χ2v) is 14.2. The van der Waals surface area contributed by atoms with Gasteiger partial charge in [0.15, 0.2) is 0 Å². The number of carbonyl (C=O) groups is 4. The van der Waals surface area contributed by atoms with Crippen LogP contribution in [0.15, 0.2) is 48.5 Å². The van der Waals surface area contributed by atoms with Gasteiger partial charge >= 0.3 is 0 Å². The highest BCUT2D eigenvalue weighted by Gasteiger charge is 2.22. The number of amides is 4. The van der Waals surface area contributed by atoms with Crippen LogP contribution in [-0.2, 0) is 73.1 Å². The van der Waals surface area contributed by atoms with E-state index in [1.165, 1.54) is 0 Å². The summed E-state index contributed by atoms with van der Waals surface area (Å²) in [6, 6.07) is 15.3. The van der Waals surface area contributed by atoms with E-state index in [4.69, 9.17) is 47.4 Å². The molecule has 0 atom stereocenters. The first-order valence-electron chi connectivity index (χ1n) is 22.5. The lowest BCUT2D eigenvalue weighted by Gasteiger charge is -2.26. The molecule has 18 heteroatoms. The summed E-state index contributed by atoms with van der Waals surface area (Å²) in [5.74, 6) is 5.95. The third-order valence-corrected chi connectivity index (χ3v) is 9.41. The van der Waals surface area contributed by atoms with Crippen LogP contribution < -0.4 is 15.5 Å². The van der Waals surface area contributed by atoms with Crippen molar-refractivity contribution in [3.8, 4) is 11.8 Å². The first-order chi connectivity index (χ1) is 32.0. The average Bonchev–Trinajstić information content (AvgIpc) is 3.31. The van der Waals surface area contributed by atoms with Crippen LogP contribution in [0.2, 0.25) is 0 Å². The largest absolute Gasteiger partial charge is 0.379 e. The molecule has 2 aromatic rings. The Balaban J connectivity index is 1.22. The molecule has 0 radical (unpaired) electrons.